The van der Waals surface area contributed by atoms with E-state index < -0.39 is 12.0 Å². The van der Waals surface area contributed by atoms with Gasteiger partial charge in [0.05, 0.1) is 5.37 Å². The fourth-order valence-electron chi connectivity index (χ4n) is 2.49. The Morgan fingerprint density at radius 3 is 2.90 bits per heavy atom. The van der Waals surface area contributed by atoms with Crippen LogP contribution in [0.5, 0.6) is 0 Å². The third kappa shape index (κ3) is 3.12. The second-order valence-electron chi connectivity index (χ2n) is 5.34. The zero-order valence-electron chi connectivity index (χ0n) is 11.4. The third-order valence-electron chi connectivity index (χ3n) is 3.75. The first kappa shape index (κ1) is 14.2. The van der Waals surface area contributed by atoms with Gasteiger partial charge in [0.15, 0.2) is 0 Å². The predicted molar refractivity (Wildman–Crippen MR) is 78.7 cm³/mol. The predicted octanol–water partition coefficient (Wildman–Crippen LogP) is 1.53. The van der Waals surface area contributed by atoms with Crippen LogP contribution in [0.2, 0.25) is 0 Å². The molecule has 7 heteroatoms. The van der Waals surface area contributed by atoms with Crippen molar-refractivity contribution in [3.8, 4) is 0 Å². The molecule has 1 aromatic heterocycles. The van der Waals surface area contributed by atoms with Crippen LogP contribution in [0.25, 0.3) is 0 Å². The number of urea groups is 1. The molecule has 1 saturated carbocycles. The van der Waals surface area contributed by atoms with Crippen LogP contribution in [-0.4, -0.2) is 44.2 Å². The summed E-state index contributed by atoms with van der Waals surface area (Å²) in [6.07, 6.45) is 5.52. The first-order valence-corrected chi connectivity index (χ1v) is 8.01. The molecule has 2 aliphatic rings. The van der Waals surface area contributed by atoms with Gasteiger partial charge in [-0.25, -0.2) is 9.59 Å². The van der Waals surface area contributed by atoms with Crippen molar-refractivity contribution in [2.24, 2.45) is 5.92 Å². The molecule has 0 bridgehead atoms. The number of hydrogen-bond donors (Lipinski definition) is 2. The number of nitrogens with one attached hydrogen (secondary N) is 1. The summed E-state index contributed by atoms with van der Waals surface area (Å²) < 4.78 is 0. The second-order valence-corrected chi connectivity index (χ2v) is 6.49. The molecule has 21 heavy (non-hydrogen) atoms. The van der Waals surface area contributed by atoms with Crippen LogP contribution in [0.4, 0.5) is 4.79 Å². The highest BCUT2D eigenvalue weighted by atomic mass is 32.2. The van der Waals surface area contributed by atoms with Crippen LogP contribution in [0, 0.1) is 5.92 Å². The monoisotopic (exact) mass is 307 g/mol. The van der Waals surface area contributed by atoms with Crippen LogP contribution < -0.4 is 5.32 Å². The lowest BCUT2D eigenvalue weighted by molar-refractivity contribution is -0.141. The Bertz CT molecular complexity index is 536. The van der Waals surface area contributed by atoms with Crippen molar-refractivity contribution in [3.05, 3.63) is 30.1 Å². The van der Waals surface area contributed by atoms with E-state index in [4.69, 9.17) is 0 Å². The molecule has 1 saturated heterocycles. The summed E-state index contributed by atoms with van der Waals surface area (Å²) >= 11 is 1.58. The van der Waals surface area contributed by atoms with Crippen molar-refractivity contribution in [1.82, 2.24) is 15.2 Å². The molecule has 1 aromatic rings. The van der Waals surface area contributed by atoms with Gasteiger partial charge in [0.1, 0.15) is 6.04 Å². The molecule has 112 valence electrons. The van der Waals surface area contributed by atoms with Crippen molar-refractivity contribution < 1.29 is 14.7 Å². The number of carbonyl (C=O) groups excluding carboxylic acids is 1. The van der Waals surface area contributed by atoms with E-state index in [2.05, 4.69) is 10.3 Å². The van der Waals surface area contributed by atoms with Crippen molar-refractivity contribution in [1.29, 1.82) is 0 Å². The van der Waals surface area contributed by atoms with E-state index in [9.17, 15) is 14.7 Å². The molecule has 2 unspecified atom stereocenters. The van der Waals surface area contributed by atoms with E-state index in [1.165, 1.54) is 4.90 Å². The van der Waals surface area contributed by atoms with Crippen molar-refractivity contribution in [3.63, 3.8) is 0 Å². The van der Waals surface area contributed by atoms with Crippen molar-refractivity contribution in [2.45, 2.75) is 30.8 Å². The fourth-order valence-corrected chi connectivity index (χ4v) is 4.12. The number of carboxylic acids is 1. The summed E-state index contributed by atoms with van der Waals surface area (Å²) in [6.45, 7) is 0.359. The molecule has 2 heterocycles. The number of aliphatic carboxylic acids is 1. The van der Waals surface area contributed by atoms with Gasteiger partial charge >= 0.3 is 12.0 Å². The Hall–Kier alpha value is -1.76. The summed E-state index contributed by atoms with van der Waals surface area (Å²) in [6, 6.07) is 2.65. The van der Waals surface area contributed by atoms with Crippen LogP contribution >= 0.6 is 11.8 Å². The van der Waals surface area contributed by atoms with Gasteiger partial charge in [-0.2, -0.15) is 0 Å². The van der Waals surface area contributed by atoms with E-state index in [1.54, 1.807) is 30.2 Å². The SMILES string of the molecule is O=C(O)C1CSC(C2CC2)N1C(=O)NCc1cccnc1. The minimum absolute atomic E-state index is 0.00000152. The van der Waals surface area contributed by atoms with Crippen LogP contribution in [0.15, 0.2) is 24.5 Å². The maximum absolute atomic E-state index is 12.4. The Balaban J connectivity index is 1.66. The minimum atomic E-state index is -0.929. The van der Waals surface area contributed by atoms with Crippen LogP contribution in [0.3, 0.4) is 0 Å². The average Bonchev–Trinajstić information content (AvgIpc) is 3.24. The first-order valence-electron chi connectivity index (χ1n) is 6.96. The average molecular weight is 307 g/mol. The number of aromatic nitrogens is 1. The number of pyridine rings is 1. The lowest BCUT2D eigenvalue weighted by Crippen LogP contribution is -2.50. The van der Waals surface area contributed by atoms with E-state index in [1.807, 2.05) is 6.07 Å². The van der Waals surface area contributed by atoms with E-state index in [0.717, 1.165) is 18.4 Å². The molecule has 0 aromatic carbocycles. The topological polar surface area (TPSA) is 82.5 Å². The molecular weight excluding hydrogens is 290 g/mol. The molecule has 1 aliphatic carbocycles. The highest BCUT2D eigenvalue weighted by molar-refractivity contribution is 8.00. The minimum Gasteiger partial charge on any atom is -0.480 e. The first-order chi connectivity index (χ1) is 10.2. The van der Waals surface area contributed by atoms with Gasteiger partial charge in [-0.1, -0.05) is 6.07 Å². The van der Waals surface area contributed by atoms with Gasteiger partial charge in [-0.15, -0.1) is 11.8 Å². The molecular formula is C14H17N3O3S. The summed E-state index contributed by atoms with van der Waals surface area (Å²) in [5.74, 6) is -0.0118. The highest BCUT2D eigenvalue weighted by Crippen LogP contribution is 2.45. The lowest BCUT2D eigenvalue weighted by Gasteiger charge is -2.27. The number of nitrogens with zero attached hydrogens (tertiary/aromatic N) is 2. The Kier molecular flexibility index (Phi) is 4.01. The second kappa shape index (κ2) is 5.93. The normalized spacial score (nSPS) is 24.9. The molecule has 2 amide bonds. The van der Waals surface area contributed by atoms with Gasteiger partial charge in [-0.05, 0) is 30.4 Å². The summed E-state index contributed by atoms with van der Waals surface area (Å²) in [5.41, 5.74) is 0.896. The largest absolute Gasteiger partial charge is 0.480 e. The molecule has 2 fully saturated rings. The Morgan fingerprint density at radius 1 is 1.48 bits per heavy atom. The zero-order valence-corrected chi connectivity index (χ0v) is 12.3. The fraction of sp³-hybridized carbons (Fsp3) is 0.500. The number of thioether (sulfide) groups is 1. The summed E-state index contributed by atoms with van der Waals surface area (Å²) in [7, 11) is 0. The molecule has 2 N–H and O–H groups in total. The van der Waals surface area contributed by atoms with E-state index >= 15 is 0 Å². The number of carbonyl (C=O) groups is 2. The number of amides is 2. The molecule has 0 spiro atoms. The maximum Gasteiger partial charge on any atom is 0.327 e. The maximum atomic E-state index is 12.4. The van der Waals surface area contributed by atoms with Crippen molar-refractivity contribution >= 4 is 23.8 Å². The lowest BCUT2D eigenvalue weighted by atomic mass is 10.2. The molecule has 1 aliphatic heterocycles. The number of hydrogen-bond acceptors (Lipinski definition) is 4. The molecule has 6 nitrogen and oxygen atoms in total. The van der Waals surface area contributed by atoms with Crippen LogP contribution in [0.1, 0.15) is 18.4 Å². The van der Waals surface area contributed by atoms with Gasteiger partial charge in [0.2, 0.25) is 0 Å². The molecule has 0 radical (unpaired) electrons. The van der Waals surface area contributed by atoms with Gasteiger partial charge in [0, 0.05) is 24.7 Å². The Morgan fingerprint density at radius 2 is 2.29 bits per heavy atom. The summed E-state index contributed by atoms with van der Waals surface area (Å²) in [5, 5.41) is 12.1. The standard InChI is InChI=1S/C14H17N3O3S/c18-13(19)11-8-21-12(10-3-4-10)17(11)14(20)16-7-9-2-1-5-15-6-9/h1-2,5-6,10-12H,3-4,7-8H2,(H,16,20)(H,18,19). The van der Waals surface area contributed by atoms with Gasteiger partial charge in [0.25, 0.3) is 0 Å². The van der Waals surface area contributed by atoms with Gasteiger partial charge in [-0.3, -0.25) is 9.88 Å². The summed E-state index contributed by atoms with van der Waals surface area (Å²) in [4.78, 5) is 29.2. The zero-order chi connectivity index (χ0) is 14.8. The quantitative estimate of drug-likeness (QED) is 0.881. The highest BCUT2D eigenvalue weighted by Gasteiger charge is 2.48. The number of carboxylic acid groups (broad SMARTS) is 1. The Labute approximate surface area is 126 Å². The van der Waals surface area contributed by atoms with E-state index in [-0.39, 0.29) is 11.4 Å². The van der Waals surface area contributed by atoms with E-state index in [0.29, 0.717) is 18.2 Å². The van der Waals surface area contributed by atoms with Crippen molar-refractivity contribution in [2.75, 3.05) is 5.75 Å². The molecule has 2 atom stereocenters. The smallest absolute Gasteiger partial charge is 0.327 e. The molecule has 3 rings (SSSR count). The van der Waals surface area contributed by atoms with Gasteiger partial charge < -0.3 is 10.4 Å². The number of rotatable bonds is 4. The third-order valence-corrected chi connectivity index (χ3v) is 5.21. The van der Waals surface area contributed by atoms with Crippen LogP contribution in [-0.2, 0) is 11.3 Å².